The first-order valence-corrected chi connectivity index (χ1v) is 18.4. The summed E-state index contributed by atoms with van der Waals surface area (Å²) < 4.78 is 5.65. The van der Waals surface area contributed by atoms with Crippen molar-refractivity contribution >= 4 is 32.8 Å². The first-order chi connectivity index (χ1) is 27.0. The zero-order chi connectivity index (χ0) is 37.0. The van der Waals surface area contributed by atoms with Crippen LogP contribution in [0.3, 0.4) is 0 Å². The molecular weight excluding hydrogens is 675 g/mol. The molecule has 6 nitrogen and oxygen atoms in total. The highest BCUT2D eigenvalue weighted by Gasteiger charge is 2.18. The lowest BCUT2D eigenvalue weighted by atomic mass is 10.0. The fourth-order valence-electron chi connectivity index (χ4n) is 7.82. The molecule has 0 aliphatic heterocycles. The summed E-state index contributed by atoms with van der Waals surface area (Å²) in [5.41, 5.74) is 13.5. The lowest BCUT2D eigenvalue weighted by molar-refractivity contribution is 0.795. The molecule has 3 aromatic heterocycles. The summed E-state index contributed by atoms with van der Waals surface area (Å²) in [7, 11) is 3.62. The van der Waals surface area contributed by atoms with Gasteiger partial charge in [0.1, 0.15) is 5.82 Å². The Morgan fingerprint density at radius 2 is 0.818 bits per heavy atom. The van der Waals surface area contributed by atoms with Gasteiger partial charge in [-0.3, -0.25) is 13.7 Å². The molecule has 6 heteroatoms. The number of aromatic nitrogens is 5. The predicted octanol–water partition coefficient (Wildman–Crippen LogP) is 11.1. The summed E-state index contributed by atoms with van der Waals surface area (Å²) in [6.45, 7) is 0. The molecule has 0 N–H and O–H groups in total. The van der Waals surface area contributed by atoms with Crippen LogP contribution in [0, 0.1) is 0 Å². The average molecular weight is 710 g/mol. The molecule has 7 aromatic carbocycles. The first kappa shape index (κ1) is 32.3. The lowest BCUT2D eigenvalue weighted by Gasteiger charge is -2.13. The predicted molar refractivity (Wildman–Crippen MR) is 225 cm³/mol. The van der Waals surface area contributed by atoms with E-state index < -0.39 is 0 Å². The SMILES string of the molecule is Cn1c(=O)n(C)c2cc(-c3ccc(-c4cc(-n5c6ccc(-c7ccccc7)cc6c6cc(-c7ccccc7)ccc65)nc(-c5ccccc5)n4)cc3)ccc21. The van der Waals surface area contributed by atoms with Crippen LogP contribution in [-0.4, -0.2) is 23.7 Å². The number of fused-ring (bicyclic) bond motifs is 4. The van der Waals surface area contributed by atoms with Crippen LogP contribution < -0.4 is 5.69 Å². The molecule has 10 rings (SSSR count). The standard InChI is InChI=1S/C49H35N5O/c1-52-45-27-24-39(30-46(45)53(2)49(52)55)34-18-20-35(21-19-34)42-31-47(51-48(50-42)36-16-10-5-11-17-36)54-43-25-22-37(32-12-6-3-7-13-32)28-40(43)41-29-38(23-26-44(41)54)33-14-8-4-9-15-33/h3-31H,1-2H3. The van der Waals surface area contributed by atoms with Crippen LogP contribution in [0.2, 0.25) is 0 Å². The molecule has 0 aliphatic rings. The van der Waals surface area contributed by atoms with Crippen LogP contribution in [0.1, 0.15) is 0 Å². The maximum absolute atomic E-state index is 12.6. The second kappa shape index (κ2) is 13.0. The van der Waals surface area contributed by atoms with Crippen molar-refractivity contribution in [3.8, 4) is 61.8 Å². The highest BCUT2D eigenvalue weighted by molar-refractivity contribution is 6.11. The molecule has 0 saturated heterocycles. The Balaban J connectivity index is 1.15. The van der Waals surface area contributed by atoms with E-state index in [2.05, 4.69) is 156 Å². The number of imidazole rings is 1. The Bertz CT molecular complexity index is 3010. The van der Waals surface area contributed by atoms with E-state index in [0.717, 1.165) is 66.6 Å². The molecule has 0 saturated carbocycles. The number of nitrogens with zero attached hydrogens (tertiary/aromatic N) is 5. The van der Waals surface area contributed by atoms with E-state index in [0.29, 0.717) is 5.82 Å². The van der Waals surface area contributed by atoms with Gasteiger partial charge in [-0.05, 0) is 69.8 Å². The highest BCUT2D eigenvalue weighted by atomic mass is 16.1. The molecule has 0 aliphatic carbocycles. The second-order valence-corrected chi connectivity index (χ2v) is 14.0. The second-order valence-electron chi connectivity index (χ2n) is 14.0. The Morgan fingerprint density at radius 3 is 1.38 bits per heavy atom. The summed E-state index contributed by atoms with van der Waals surface area (Å²) in [5, 5.41) is 2.32. The van der Waals surface area contributed by atoms with Gasteiger partial charge in [0.2, 0.25) is 0 Å². The van der Waals surface area contributed by atoms with E-state index in [4.69, 9.17) is 9.97 Å². The molecule has 3 heterocycles. The third-order valence-electron chi connectivity index (χ3n) is 10.7. The molecule has 0 unspecified atom stereocenters. The van der Waals surface area contributed by atoms with Crippen molar-refractivity contribution in [2.45, 2.75) is 0 Å². The van der Waals surface area contributed by atoms with Gasteiger partial charge in [-0.15, -0.1) is 0 Å². The molecule has 55 heavy (non-hydrogen) atoms. The minimum atomic E-state index is -0.0344. The molecule has 0 spiro atoms. The van der Waals surface area contributed by atoms with Crippen molar-refractivity contribution in [2.24, 2.45) is 14.1 Å². The van der Waals surface area contributed by atoms with Crippen LogP contribution in [0.15, 0.2) is 181 Å². The van der Waals surface area contributed by atoms with Gasteiger partial charge >= 0.3 is 5.69 Å². The summed E-state index contributed by atoms with van der Waals surface area (Å²) in [5.74, 6) is 1.45. The molecule has 262 valence electrons. The number of hydrogen-bond donors (Lipinski definition) is 0. The topological polar surface area (TPSA) is 57.6 Å². The summed E-state index contributed by atoms with van der Waals surface area (Å²) in [4.78, 5) is 23.0. The number of hydrogen-bond acceptors (Lipinski definition) is 3. The normalized spacial score (nSPS) is 11.5. The van der Waals surface area contributed by atoms with Gasteiger partial charge in [-0.2, -0.15) is 0 Å². The van der Waals surface area contributed by atoms with Crippen molar-refractivity contribution in [3.05, 3.63) is 186 Å². The van der Waals surface area contributed by atoms with E-state index in [1.807, 2.05) is 38.4 Å². The van der Waals surface area contributed by atoms with Crippen LogP contribution in [0.5, 0.6) is 0 Å². The van der Waals surface area contributed by atoms with Crippen LogP contribution in [0.25, 0.3) is 94.7 Å². The maximum atomic E-state index is 12.6. The fourth-order valence-corrected chi connectivity index (χ4v) is 7.82. The Morgan fingerprint density at radius 1 is 0.382 bits per heavy atom. The molecule has 0 bridgehead atoms. The molecule has 0 amide bonds. The zero-order valence-electron chi connectivity index (χ0n) is 30.4. The molecule has 0 radical (unpaired) electrons. The minimum Gasteiger partial charge on any atom is -0.295 e. The molecule has 0 atom stereocenters. The first-order valence-electron chi connectivity index (χ1n) is 18.4. The maximum Gasteiger partial charge on any atom is 0.328 e. The Hall–Kier alpha value is -7.31. The van der Waals surface area contributed by atoms with Crippen LogP contribution in [-0.2, 0) is 14.1 Å². The summed E-state index contributed by atoms with van der Waals surface area (Å²) in [6, 6.07) is 61.5. The van der Waals surface area contributed by atoms with E-state index in [1.165, 1.54) is 22.3 Å². The summed E-state index contributed by atoms with van der Waals surface area (Å²) >= 11 is 0. The summed E-state index contributed by atoms with van der Waals surface area (Å²) in [6.07, 6.45) is 0. The van der Waals surface area contributed by atoms with Crippen LogP contribution >= 0.6 is 0 Å². The largest absolute Gasteiger partial charge is 0.328 e. The smallest absolute Gasteiger partial charge is 0.295 e. The van der Waals surface area contributed by atoms with Crippen molar-refractivity contribution in [1.82, 2.24) is 23.7 Å². The fraction of sp³-hybridized carbons (Fsp3) is 0.0408. The molecule has 10 aromatic rings. The minimum absolute atomic E-state index is 0.0344. The third-order valence-corrected chi connectivity index (χ3v) is 10.7. The number of benzene rings is 7. The van der Waals surface area contributed by atoms with Gasteiger partial charge in [0.25, 0.3) is 0 Å². The van der Waals surface area contributed by atoms with Crippen LogP contribution in [0.4, 0.5) is 0 Å². The van der Waals surface area contributed by atoms with E-state index in [-0.39, 0.29) is 5.69 Å². The van der Waals surface area contributed by atoms with Crippen molar-refractivity contribution in [1.29, 1.82) is 0 Å². The van der Waals surface area contributed by atoms with E-state index >= 15 is 0 Å². The van der Waals surface area contributed by atoms with E-state index in [9.17, 15) is 4.79 Å². The zero-order valence-corrected chi connectivity index (χ0v) is 30.4. The van der Waals surface area contributed by atoms with Gasteiger partial charge in [-0.25, -0.2) is 14.8 Å². The average Bonchev–Trinajstić information content (AvgIpc) is 3.70. The van der Waals surface area contributed by atoms with Gasteiger partial charge in [0, 0.05) is 42.1 Å². The van der Waals surface area contributed by atoms with Gasteiger partial charge in [-0.1, -0.05) is 133 Å². The van der Waals surface area contributed by atoms with Gasteiger partial charge in [0.15, 0.2) is 5.82 Å². The van der Waals surface area contributed by atoms with Crippen molar-refractivity contribution in [3.63, 3.8) is 0 Å². The Kier molecular flexibility index (Phi) is 7.63. The highest BCUT2D eigenvalue weighted by Crippen LogP contribution is 2.38. The Labute approximate surface area is 317 Å². The molecule has 0 fully saturated rings. The monoisotopic (exact) mass is 709 g/mol. The van der Waals surface area contributed by atoms with Gasteiger partial charge < -0.3 is 0 Å². The number of rotatable bonds is 6. The van der Waals surface area contributed by atoms with Crippen molar-refractivity contribution < 1.29 is 0 Å². The quantitative estimate of drug-likeness (QED) is 0.173. The number of aryl methyl sites for hydroxylation is 2. The van der Waals surface area contributed by atoms with Crippen molar-refractivity contribution in [2.75, 3.05) is 0 Å². The molecular formula is C49H35N5O. The lowest BCUT2D eigenvalue weighted by Crippen LogP contribution is -2.19. The van der Waals surface area contributed by atoms with E-state index in [1.54, 1.807) is 9.13 Å². The van der Waals surface area contributed by atoms with Gasteiger partial charge in [0.05, 0.1) is 27.8 Å². The third kappa shape index (κ3) is 5.54.